The molecule has 1 amide bonds. The summed E-state index contributed by atoms with van der Waals surface area (Å²) in [4.78, 5) is 24.9. The molecule has 1 saturated carbocycles. The molecule has 1 aliphatic carbocycles. The van der Waals surface area contributed by atoms with Crippen molar-refractivity contribution in [1.82, 2.24) is 10.7 Å². The highest BCUT2D eigenvalue weighted by Crippen LogP contribution is 2.21. The van der Waals surface area contributed by atoms with Crippen molar-refractivity contribution in [2.24, 2.45) is 5.10 Å². The minimum Gasteiger partial charge on any atom is -0.443 e. The number of ketones is 1. The second-order valence-electron chi connectivity index (χ2n) is 7.08. The predicted molar refractivity (Wildman–Crippen MR) is 106 cm³/mol. The van der Waals surface area contributed by atoms with E-state index >= 15 is 0 Å². The largest absolute Gasteiger partial charge is 0.443 e. The summed E-state index contributed by atoms with van der Waals surface area (Å²) in [6.45, 7) is 1.92. The van der Waals surface area contributed by atoms with Gasteiger partial charge in [-0.05, 0) is 67.3 Å². The highest BCUT2D eigenvalue weighted by Gasteiger charge is 2.28. The summed E-state index contributed by atoms with van der Waals surface area (Å²) in [5.41, 5.74) is 5.80. The number of hydrogen-bond acceptors (Lipinski definition) is 5. The number of nitrogens with zero attached hydrogens (tertiary/aromatic N) is 1. The summed E-state index contributed by atoms with van der Waals surface area (Å²) in [7, 11) is 0. The smallest absolute Gasteiger partial charge is 0.251 e. The Morgan fingerprint density at radius 2 is 1.96 bits per heavy atom. The summed E-state index contributed by atoms with van der Waals surface area (Å²) >= 11 is 5.89. The SMILES string of the molecule is Cc1ccc(C(=O)NC2CC2)cc1CC(=O)C1NN=C(c2ccc(Cl)cc2)O1. The average Bonchev–Trinajstić information content (AvgIpc) is 3.35. The number of hydrogen-bond donors (Lipinski definition) is 2. The van der Waals surface area contributed by atoms with Crippen LogP contribution in [0.3, 0.4) is 0 Å². The van der Waals surface area contributed by atoms with Gasteiger partial charge < -0.3 is 10.1 Å². The molecule has 6 nitrogen and oxygen atoms in total. The number of aryl methyl sites for hydroxylation is 1. The van der Waals surface area contributed by atoms with Gasteiger partial charge in [-0.15, -0.1) is 5.10 Å². The number of Topliss-reactive ketones (excluding diaryl/α,β-unsaturated/α-hetero) is 1. The van der Waals surface area contributed by atoms with E-state index in [1.807, 2.05) is 13.0 Å². The summed E-state index contributed by atoms with van der Waals surface area (Å²) in [6.07, 6.45) is 1.36. The van der Waals surface area contributed by atoms with E-state index < -0.39 is 6.23 Å². The number of ether oxygens (including phenoxy) is 1. The lowest BCUT2D eigenvalue weighted by molar-refractivity contribution is -0.126. The van der Waals surface area contributed by atoms with E-state index in [4.69, 9.17) is 16.3 Å². The van der Waals surface area contributed by atoms with Crippen LogP contribution in [0.1, 0.15) is 39.9 Å². The maximum Gasteiger partial charge on any atom is 0.251 e. The molecule has 2 aliphatic rings. The van der Waals surface area contributed by atoms with Crippen LogP contribution in [-0.2, 0) is 16.0 Å². The normalized spacial score (nSPS) is 18.1. The number of benzene rings is 2. The highest BCUT2D eigenvalue weighted by atomic mass is 35.5. The van der Waals surface area contributed by atoms with E-state index in [0.717, 1.165) is 29.5 Å². The zero-order valence-corrected chi connectivity index (χ0v) is 16.1. The highest BCUT2D eigenvalue weighted by molar-refractivity contribution is 6.30. The molecule has 1 heterocycles. The van der Waals surface area contributed by atoms with Crippen LogP contribution in [0.5, 0.6) is 0 Å². The second kappa shape index (κ2) is 7.64. The Balaban J connectivity index is 1.41. The molecule has 2 aromatic rings. The quantitative estimate of drug-likeness (QED) is 0.785. The van der Waals surface area contributed by atoms with Gasteiger partial charge in [-0.25, -0.2) is 0 Å². The van der Waals surface area contributed by atoms with Crippen molar-refractivity contribution in [1.29, 1.82) is 0 Å². The van der Waals surface area contributed by atoms with Gasteiger partial charge in [0.05, 0.1) is 0 Å². The van der Waals surface area contributed by atoms with Gasteiger partial charge in [0, 0.05) is 28.6 Å². The van der Waals surface area contributed by atoms with Crippen LogP contribution in [0.4, 0.5) is 0 Å². The van der Waals surface area contributed by atoms with E-state index in [1.165, 1.54) is 0 Å². The summed E-state index contributed by atoms with van der Waals surface area (Å²) < 4.78 is 5.67. The maximum atomic E-state index is 12.7. The van der Waals surface area contributed by atoms with E-state index in [-0.39, 0.29) is 18.1 Å². The molecular formula is C21H20ClN3O3. The van der Waals surface area contributed by atoms with E-state index in [1.54, 1.807) is 36.4 Å². The number of amides is 1. The fourth-order valence-corrected chi connectivity index (χ4v) is 3.05. The fraction of sp³-hybridized carbons (Fsp3) is 0.286. The van der Waals surface area contributed by atoms with Gasteiger partial charge in [0.25, 0.3) is 5.91 Å². The minimum absolute atomic E-state index is 0.0974. The molecule has 1 atom stereocenters. The Labute approximate surface area is 167 Å². The second-order valence-corrected chi connectivity index (χ2v) is 7.52. The summed E-state index contributed by atoms with van der Waals surface area (Å²) in [5, 5.41) is 7.68. The lowest BCUT2D eigenvalue weighted by Crippen LogP contribution is -2.33. The van der Waals surface area contributed by atoms with Crippen molar-refractivity contribution in [3.8, 4) is 0 Å². The van der Waals surface area contributed by atoms with Gasteiger partial charge in [0.1, 0.15) is 0 Å². The molecule has 7 heteroatoms. The number of carbonyl (C=O) groups is 2. The monoisotopic (exact) mass is 397 g/mol. The number of nitrogens with one attached hydrogen (secondary N) is 2. The van der Waals surface area contributed by atoms with Crippen molar-refractivity contribution < 1.29 is 14.3 Å². The van der Waals surface area contributed by atoms with E-state index in [9.17, 15) is 9.59 Å². The number of halogens is 1. The Morgan fingerprint density at radius 3 is 2.68 bits per heavy atom. The average molecular weight is 398 g/mol. The van der Waals surface area contributed by atoms with Gasteiger partial charge >= 0.3 is 0 Å². The molecule has 1 aliphatic heterocycles. The molecular weight excluding hydrogens is 378 g/mol. The van der Waals surface area contributed by atoms with Gasteiger partial charge in [-0.2, -0.15) is 0 Å². The first-order valence-electron chi connectivity index (χ1n) is 9.18. The van der Waals surface area contributed by atoms with Crippen LogP contribution in [-0.4, -0.2) is 29.9 Å². The Morgan fingerprint density at radius 1 is 1.21 bits per heavy atom. The lowest BCUT2D eigenvalue weighted by atomic mass is 9.99. The number of rotatable bonds is 6. The van der Waals surface area contributed by atoms with Gasteiger partial charge in [-0.3, -0.25) is 15.0 Å². The molecule has 1 fully saturated rings. The molecule has 28 heavy (non-hydrogen) atoms. The third kappa shape index (κ3) is 4.17. The molecule has 0 spiro atoms. The van der Waals surface area contributed by atoms with Gasteiger partial charge in [0.15, 0.2) is 5.78 Å². The minimum atomic E-state index is -0.853. The zero-order valence-electron chi connectivity index (χ0n) is 15.4. The molecule has 2 N–H and O–H groups in total. The Kier molecular flexibility index (Phi) is 5.05. The Hall–Kier alpha value is -2.86. The van der Waals surface area contributed by atoms with E-state index in [0.29, 0.717) is 22.5 Å². The van der Waals surface area contributed by atoms with Crippen LogP contribution >= 0.6 is 11.6 Å². The molecule has 0 saturated heterocycles. The van der Waals surface area contributed by atoms with Crippen LogP contribution in [0.2, 0.25) is 5.02 Å². The van der Waals surface area contributed by atoms with Gasteiger partial charge in [0.2, 0.25) is 12.1 Å². The fourth-order valence-electron chi connectivity index (χ4n) is 2.92. The topological polar surface area (TPSA) is 79.8 Å². The molecule has 144 valence electrons. The van der Waals surface area contributed by atoms with Crippen LogP contribution in [0.15, 0.2) is 47.6 Å². The first kappa shape index (κ1) is 18.5. The van der Waals surface area contributed by atoms with Crippen molar-refractivity contribution in [3.05, 3.63) is 69.7 Å². The molecule has 1 unspecified atom stereocenters. The predicted octanol–water partition coefficient (Wildman–Crippen LogP) is 2.96. The van der Waals surface area contributed by atoms with Crippen molar-refractivity contribution in [3.63, 3.8) is 0 Å². The molecule has 0 radical (unpaired) electrons. The standard InChI is InChI=1S/C21H20ClN3O3/c1-12-2-3-14(19(27)23-17-8-9-17)10-15(12)11-18(26)21-25-24-20(28-21)13-4-6-16(22)7-5-13/h2-7,10,17,21,25H,8-9,11H2,1H3,(H,23,27). The lowest BCUT2D eigenvalue weighted by Gasteiger charge is -2.13. The Bertz CT molecular complexity index is 952. The van der Waals surface area contributed by atoms with Crippen molar-refractivity contribution in [2.45, 2.75) is 38.5 Å². The van der Waals surface area contributed by atoms with Crippen molar-refractivity contribution in [2.75, 3.05) is 0 Å². The van der Waals surface area contributed by atoms with Crippen LogP contribution in [0, 0.1) is 6.92 Å². The summed E-state index contributed by atoms with van der Waals surface area (Å²) in [5.74, 6) is 0.0969. The van der Waals surface area contributed by atoms with Crippen molar-refractivity contribution >= 4 is 29.2 Å². The maximum absolute atomic E-state index is 12.7. The van der Waals surface area contributed by atoms with Crippen LogP contribution < -0.4 is 10.7 Å². The zero-order chi connectivity index (χ0) is 19.7. The molecule has 0 aromatic heterocycles. The molecule has 0 bridgehead atoms. The molecule has 4 rings (SSSR count). The number of hydrazone groups is 1. The molecule has 2 aromatic carbocycles. The third-order valence-corrected chi connectivity index (χ3v) is 5.04. The number of carbonyl (C=O) groups excluding carboxylic acids is 2. The van der Waals surface area contributed by atoms with E-state index in [2.05, 4.69) is 15.8 Å². The van der Waals surface area contributed by atoms with Gasteiger partial charge in [-0.1, -0.05) is 17.7 Å². The first-order chi connectivity index (χ1) is 13.5. The summed E-state index contributed by atoms with van der Waals surface area (Å²) in [6, 6.07) is 12.7. The van der Waals surface area contributed by atoms with Crippen LogP contribution in [0.25, 0.3) is 0 Å². The first-order valence-corrected chi connectivity index (χ1v) is 9.56. The third-order valence-electron chi connectivity index (χ3n) is 4.79.